The molecule has 0 aromatic rings. The molecule has 0 saturated carbocycles. The number of likely N-dealkylation sites (tertiary alicyclic amines) is 1. The molecule has 92 valence electrons. The van der Waals surface area contributed by atoms with Crippen LogP contribution in [0, 0.1) is 5.41 Å². The van der Waals surface area contributed by atoms with Crippen LogP contribution in [0.2, 0.25) is 0 Å². The summed E-state index contributed by atoms with van der Waals surface area (Å²) >= 11 is 0. The maximum absolute atomic E-state index is 11.5. The van der Waals surface area contributed by atoms with Crippen LogP contribution in [0.1, 0.15) is 27.7 Å². The van der Waals surface area contributed by atoms with Gasteiger partial charge in [-0.25, -0.2) is 0 Å². The van der Waals surface area contributed by atoms with Crippen LogP contribution in [-0.2, 0) is 9.59 Å². The van der Waals surface area contributed by atoms with E-state index in [0.717, 1.165) is 0 Å². The molecule has 0 unspecified atom stereocenters. The van der Waals surface area contributed by atoms with E-state index in [9.17, 15) is 14.7 Å². The molecule has 0 radical (unpaired) electrons. The molecule has 1 rings (SSSR count). The van der Waals surface area contributed by atoms with Crippen molar-refractivity contribution in [3.63, 3.8) is 0 Å². The molecule has 1 fully saturated rings. The molecular formula is C11H20N2O3. The molecule has 1 saturated heterocycles. The van der Waals surface area contributed by atoms with E-state index in [1.165, 1.54) is 4.90 Å². The number of aliphatic hydroxyl groups is 1. The van der Waals surface area contributed by atoms with Crippen LogP contribution in [0.4, 0.5) is 0 Å². The minimum atomic E-state index is -0.760. The zero-order chi connectivity index (χ0) is 12.6. The number of hydrogen-bond donors (Lipinski definition) is 2. The lowest BCUT2D eigenvalue weighted by molar-refractivity contribution is -0.152. The Bertz CT molecular complexity index is 297. The third-order valence-electron chi connectivity index (χ3n) is 2.50. The molecule has 16 heavy (non-hydrogen) atoms. The van der Waals surface area contributed by atoms with Gasteiger partial charge in [0.2, 0.25) is 11.8 Å². The van der Waals surface area contributed by atoms with E-state index < -0.39 is 11.0 Å². The summed E-state index contributed by atoms with van der Waals surface area (Å²) in [5, 5.41) is 12.0. The summed E-state index contributed by atoms with van der Waals surface area (Å²) in [4.78, 5) is 24.6. The third-order valence-corrected chi connectivity index (χ3v) is 2.50. The van der Waals surface area contributed by atoms with E-state index >= 15 is 0 Å². The first-order valence-corrected chi connectivity index (χ1v) is 5.40. The molecule has 0 bridgehead atoms. The van der Waals surface area contributed by atoms with Crippen LogP contribution >= 0.6 is 0 Å². The normalized spacial score (nSPS) is 18.9. The number of β-amino-alcohol motifs (C(OH)–C–C–N with tert-alkyl or cyclic N) is 1. The van der Waals surface area contributed by atoms with E-state index in [1.54, 1.807) is 27.7 Å². The van der Waals surface area contributed by atoms with Gasteiger partial charge in [-0.15, -0.1) is 0 Å². The Kier molecular flexibility index (Phi) is 3.28. The molecule has 0 aliphatic carbocycles. The van der Waals surface area contributed by atoms with E-state index in [2.05, 4.69) is 5.32 Å². The predicted octanol–water partition coefficient (Wildman–Crippen LogP) is -0.258. The Hall–Kier alpha value is -1.10. The van der Waals surface area contributed by atoms with Crippen LogP contribution < -0.4 is 5.32 Å². The van der Waals surface area contributed by atoms with Crippen LogP contribution in [0.25, 0.3) is 0 Å². The van der Waals surface area contributed by atoms with Crippen molar-refractivity contribution < 1.29 is 14.7 Å². The van der Waals surface area contributed by atoms with E-state index in [1.807, 2.05) is 0 Å². The number of nitrogens with zero attached hydrogens (tertiary/aromatic N) is 1. The Balaban J connectivity index is 2.30. The highest BCUT2D eigenvalue weighted by Gasteiger charge is 2.39. The summed E-state index contributed by atoms with van der Waals surface area (Å²) in [6.45, 7) is 7.76. The number of nitrogens with one attached hydrogen (secondary N) is 1. The van der Waals surface area contributed by atoms with E-state index in [4.69, 9.17) is 0 Å². The quantitative estimate of drug-likeness (QED) is 0.684. The second-order valence-corrected chi connectivity index (χ2v) is 5.68. The second kappa shape index (κ2) is 4.05. The van der Waals surface area contributed by atoms with Gasteiger partial charge in [0.1, 0.15) is 0 Å². The van der Waals surface area contributed by atoms with Gasteiger partial charge in [0.05, 0.1) is 25.2 Å². The Morgan fingerprint density at radius 1 is 1.38 bits per heavy atom. The molecule has 5 heteroatoms. The van der Waals surface area contributed by atoms with Crippen molar-refractivity contribution in [1.29, 1.82) is 0 Å². The minimum absolute atomic E-state index is 0.00613. The van der Waals surface area contributed by atoms with Gasteiger partial charge in [-0.2, -0.15) is 0 Å². The topological polar surface area (TPSA) is 69.6 Å². The van der Waals surface area contributed by atoms with Gasteiger partial charge >= 0.3 is 0 Å². The Labute approximate surface area is 95.8 Å². The Morgan fingerprint density at radius 3 is 2.25 bits per heavy atom. The van der Waals surface area contributed by atoms with Crippen molar-refractivity contribution in [3.8, 4) is 0 Å². The van der Waals surface area contributed by atoms with Crippen molar-refractivity contribution in [2.75, 3.05) is 19.6 Å². The summed E-state index contributed by atoms with van der Waals surface area (Å²) in [5.41, 5.74) is -1.25. The highest BCUT2D eigenvalue weighted by Crippen LogP contribution is 2.19. The largest absolute Gasteiger partial charge is 0.386 e. The van der Waals surface area contributed by atoms with Gasteiger partial charge < -0.3 is 15.3 Å². The summed E-state index contributed by atoms with van der Waals surface area (Å²) in [6.07, 6.45) is 0. The SMILES string of the molecule is CC1(O)CN(C(=O)CNC(=O)C(C)(C)C)C1. The van der Waals surface area contributed by atoms with Crippen molar-refractivity contribution in [3.05, 3.63) is 0 Å². The fourth-order valence-corrected chi connectivity index (χ4v) is 1.49. The maximum Gasteiger partial charge on any atom is 0.242 e. The monoisotopic (exact) mass is 228 g/mol. The van der Waals surface area contributed by atoms with Gasteiger partial charge in [0.25, 0.3) is 0 Å². The van der Waals surface area contributed by atoms with Gasteiger partial charge in [0.15, 0.2) is 0 Å². The number of rotatable bonds is 2. The zero-order valence-electron chi connectivity index (χ0n) is 10.3. The molecule has 5 nitrogen and oxygen atoms in total. The highest BCUT2D eigenvalue weighted by molar-refractivity contribution is 5.87. The lowest BCUT2D eigenvalue weighted by Crippen LogP contribution is -2.63. The lowest BCUT2D eigenvalue weighted by Gasteiger charge is -2.44. The lowest BCUT2D eigenvalue weighted by atomic mass is 9.95. The summed E-state index contributed by atoms with van der Waals surface area (Å²) in [6, 6.07) is 0. The van der Waals surface area contributed by atoms with Crippen molar-refractivity contribution in [2.24, 2.45) is 5.41 Å². The molecule has 1 aliphatic rings. The van der Waals surface area contributed by atoms with Gasteiger partial charge in [-0.1, -0.05) is 20.8 Å². The molecule has 2 N–H and O–H groups in total. The van der Waals surface area contributed by atoms with E-state index in [0.29, 0.717) is 13.1 Å². The number of amides is 2. The molecule has 0 aromatic heterocycles. The predicted molar refractivity (Wildman–Crippen MR) is 59.7 cm³/mol. The highest BCUT2D eigenvalue weighted by atomic mass is 16.3. The van der Waals surface area contributed by atoms with Crippen LogP contribution in [0.5, 0.6) is 0 Å². The number of carbonyl (C=O) groups excluding carboxylic acids is 2. The van der Waals surface area contributed by atoms with Crippen molar-refractivity contribution >= 4 is 11.8 Å². The average Bonchev–Trinajstić information content (AvgIpc) is 2.07. The second-order valence-electron chi connectivity index (χ2n) is 5.68. The molecule has 1 aliphatic heterocycles. The van der Waals surface area contributed by atoms with Crippen LogP contribution in [0.3, 0.4) is 0 Å². The summed E-state index contributed by atoms with van der Waals surface area (Å²) in [5.74, 6) is -0.294. The first-order valence-electron chi connectivity index (χ1n) is 5.40. The fourth-order valence-electron chi connectivity index (χ4n) is 1.49. The first kappa shape index (κ1) is 13.0. The van der Waals surface area contributed by atoms with Crippen molar-refractivity contribution in [1.82, 2.24) is 10.2 Å². The summed E-state index contributed by atoms with van der Waals surface area (Å²) < 4.78 is 0. The third kappa shape index (κ3) is 3.20. The molecular weight excluding hydrogens is 208 g/mol. The molecule has 2 amide bonds. The van der Waals surface area contributed by atoms with E-state index in [-0.39, 0.29) is 18.4 Å². The zero-order valence-corrected chi connectivity index (χ0v) is 10.3. The molecule has 0 aromatic carbocycles. The summed E-state index contributed by atoms with van der Waals surface area (Å²) in [7, 11) is 0. The maximum atomic E-state index is 11.5. The standard InChI is InChI=1S/C11H20N2O3/c1-10(2,3)9(15)12-5-8(14)13-6-11(4,16)7-13/h16H,5-7H2,1-4H3,(H,12,15). The fraction of sp³-hybridized carbons (Fsp3) is 0.818. The van der Waals surface area contributed by atoms with Gasteiger partial charge in [-0.05, 0) is 6.92 Å². The van der Waals surface area contributed by atoms with Crippen LogP contribution in [0.15, 0.2) is 0 Å². The average molecular weight is 228 g/mol. The molecule has 1 heterocycles. The smallest absolute Gasteiger partial charge is 0.242 e. The van der Waals surface area contributed by atoms with Crippen molar-refractivity contribution in [2.45, 2.75) is 33.3 Å². The van der Waals surface area contributed by atoms with Gasteiger partial charge in [-0.3, -0.25) is 9.59 Å². The van der Waals surface area contributed by atoms with Gasteiger partial charge in [0, 0.05) is 5.41 Å². The number of hydrogen-bond acceptors (Lipinski definition) is 3. The Morgan fingerprint density at radius 2 is 1.88 bits per heavy atom. The molecule has 0 spiro atoms. The van der Waals surface area contributed by atoms with Crippen LogP contribution in [-0.4, -0.2) is 47.1 Å². The molecule has 0 atom stereocenters. The number of carbonyl (C=O) groups is 2. The first-order chi connectivity index (χ1) is 7.12. The minimum Gasteiger partial charge on any atom is -0.386 e.